The highest BCUT2D eigenvalue weighted by Crippen LogP contribution is 2.19. The van der Waals surface area contributed by atoms with E-state index in [1.54, 1.807) is 11.5 Å². The number of hydrogen-bond donors (Lipinski definition) is 1. The Morgan fingerprint density at radius 2 is 2.21 bits per heavy atom. The van der Waals surface area contributed by atoms with Crippen molar-refractivity contribution in [3.8, 4) is 0 Å². The Balaban J connectivity index is 2.34. The standard InChI is InChI=1S/C11H18N4O3S/c1-3-9-11(16)12-5-6-15(9)19(17,18)10-7-14(4-2)8-13-10/h7-9H,3-6H2,1-2H3,(H,12,16). The maximum absolute atomic E-state index is 12.5. The van der Waals surface area contributed by atoms with Crippen LogP contribution in [-0.2, 0) is 21.4 Å². The molecular formula is C11H18N4O3S. The second-order valence-corrected chi connectivity index (χ2v) is 6.21. The van der Waals surface area contributed by atoms with Crippen LogP contribution in [0.15, 0.2) is 17.6 Å². The van der Waals surface area contributed by atoms with Gasteiger partial charge in [0, 0.05) is 25.8 Å². The van der Waals surface area contributed by atoms with Crippen molar-refractivity contribution in [2.45, 2.75) is 37.9 Å². The summed E-state index contributed by atoms with van der Waals surface area (Å²) in [6.07, 6.45) is 3.42. The summed E-state index contributed by atoms with van der Waals surface area (Å²) >= 11 is 0. The largest absolute Gasteiger partial charge is 0.353 e. The molecule has 8 heteroatoms. The summed E-state index contributed by atoms with van der Waals surface area (Å²) in [4.78, 5) is 15.7. The third-order valence-electron chi connectivity index (χ3n) is 3.22. The molecule has 106 valence electrons. The van der Waals surface area contributed by atoms with Gasteiger partial charge < -0.3 is 9.88 Å². The normalized spacial score (nSPS) is 21.4. The molecule has 0 aromatic carbocycles. The van der Waals surface area contributed by atoms with Gasteiger partial charge in [-0.3, -0.25) is 4.79 Å². The molecule has 1 aliphatic heterocycles. The number of carbonyl (C=O) groups excluding carboxylic acids is 1. The number of aromatic nitrogens is 2. The molecule has 0 radical (unpaired) electrons. The average molecular weight is 286 g/mol. The van der Waals surface area contributed by atoms with Gasteiger partial charge in [0.05, 0.1) is 6.33 Å². The fraction of sp³-hybridized carbons (Fsp3) is 0.636. The summed E-state index contributed by atoms with van der Waals surface area (Å²) in [5.41, 5.74) is 0. The van der Waals surface area contributed by atoms with Crippen LogP contribution >= 0.6 is 0 Å². The number of imidazole rings is 1. The van der Waals surface area contributed by atoms with Gasteiger partial charge in [-0.05, 0) is 13.3 Å². The minimum atomic E-state index is -3.70. The first-order valence-electron chi connectivity index (χ1n) is 6.32. The lowest BCUT2D eigenvalue weighted by molar-refractivity contribution is -0.126. The van der Waals surface area contributed by atoms with Crippen molar-refractivity contribution in [1.82, 2.24) is 19.2 Å². The third-order valence-corrected chi connectivity index (χ3v) is 5.01. The van der Waals surface area contributed by atoms with E-state index in [1.165, 1.54) is 16.8 Å². The van der Waals surface area contributed by atoms with Crippen LogP contribution in [0.3, 0.4) is 0 Å². The Hall–Kier alpha value is -1.41. The number of rotatable bonds is 4. The lowest BCUT2D eigenvalue weighted by atomic mass is 10.2. The predicted octanol–water partition coefficient (Wildman–Crippen LogP) is -0.198. The van der Waals surface area contributed by atoms with Crippen LogP contribution in [0.2, 0.25) is 0 Å². The Bertz CT molecular complexity index is 566. The molecule has 1 aromatic heterocycles. The molecule has 0 saturated carbocycles. The molecular weight excluding hydrogens is 268 g/mol. The van der Waals surface area contributed by atoms with Crippen molar-refractivity contribution in [1.29, 1.82) is 0 Å². The highest BCUT2D eigenvalue weighted by Gasteiger charge is 2.38. The monoisotopic (exact) mass is 286 g/mol. The summed E-state index contributed by atoms with van der Waals surface area (Å²) in [5.74, 6) is -0.243. The summed E-state index contributed by atoms with van der Waals surface area (Å²) in [6.45, 7) is 4.97. The SMILES string of the molecule is CCC1C(=O)NCCN1S(=O)(=O)c1cn(CC)cn1. The zero-order valence-corrected chi connectivity index (χ0v) is 11.9. The van der Waals surface area contributed by atoms with E-state index in [4.69, 9.17) is 0 Å². The molecule has 2 heterocycles. The number of aryl methyl sites for hydroxylation is 1. The van der Waals surface area contributed by atoms with Gasteiger partial charge in [-0.1, -0.05) is 6.92 Å². The molecule has 1 saturated heterocycles. The minimum Gasteiger partial charge on any atom is -0.353 e. The van der Waals surface area contributed by atoms with E-state index in [9.17, 15) is 13.2 Å². The van der Waals surface area contributed by atoms with E-state index < -0.39 is 16.1 Å². The molecule has 1 amide bonds. The van der Waals surface area contributed by atoms with Crippen LogP contribution in [0.4, 0.5) is 0 Å². The Morgan fingerprint density at radius 1 is 1.47 bits per heavy atom. The highest BCUT2D eigenvalue weighted by molar-refractivity contribution is 7.89. The first-order chi connectivity index (χ1) is 9.00. The fourth-order valence-electron chi connectivity index (χ4n) is 2.14. The van der Waals surface area contributed by atoms with Crippen LogP contribution in [-0.4, -0.2) is 47.3 Å². The Labute approximate surface area is 112 Å². The van der Waals surface area contributed by atoms with Gasteiger partial charge in [0.25, 0.3) is 10.0 Å². The van der Waals surface area contributed by atoms with E-state index in [2.05, 4.69) is 10.3 Å². The maximum atomic E-state index is 12.5. The number of nitrogens with one attached hydrogen (secondary N) is 1. The van der Waals surface area contributed by atoms with Crippen LogP contribution in [0, 0.1) is 0 Å². The molecule has 1 fully saturated rings. The second kappa shape index (κ2) is 5.30. The summed E-state index contributed by atoms with van der Waals surface area (Å²) in [5, 5.41) is 2.68. The van der Waals surface area contributed by atoms with Crippen LogP contribution in [0.25, 0.3) is 0 Å². The zero-order valence-electron chi connectivity index (χ0n) is 11.0. The van der Waals surface area contributed by atoms with Crippen LogP contribution in [0.1, 0.15) is 20.3 Å². The van der Waals surface area contributed by atoms with Gasteiger partial charge >= 0.3 is 0 Å². The van der Waals surface area contributed by atoms with Crippen molar-refractivity contribution in [2.24, 2.45) is 0 Å². The number of hydrogen-bond acceptors (Lipinski definition) is 4. The van der Waals surface area contributed by atoms with Gasteiger partial charge in [0.2, 0.25) is 5.91 Å². The molecule has 2 rings (SSSR count). The first-order valence-corrected chi connectivity index (χ1v) is 7.76. The number of carbonyl (C=O) groups is 1. The lowest BCUT2D eigenvalue weighted by Gasteiger charge is -2.32. The van der Waals surface area contributed by atoms with Gasteiger partial charge in [-0.2, -0.15) is 4.31 Å². The van der Waals surface area contributed by atoms with E-state index in [-0.39, 0.29) is 17.5 Å². The van der Waals surface area contributed by atoms with Gasteiger partial charge in [-0.25, -0.2) is 13.4 Å². The zero-order chi connectivity index (χ0) is 14.0. The topological polar surface area (TPSA) is 84.3 Å². The maximum Gasteiger partial charge on any atom is 0.262 e. The molecule has 1 aliphatic rings. The molecule has 7 nitrogen and oxygen atoms in total. The smallest absolute Gasteiger partial charge is 0.262 e. The lowest BCUT2D eigenvalue weighted by Crippen LogP contribution is -2.56. The molecule has 19 heavy (non-hydrogen) atoms. The molecule has 1 atom stereocenters. The molecule has 1 aromatic rings. The second-order valence-electron chi connectivity index (χ2n) is 4.37. The fourth-order valence-corrected chi connectivity index (χ4v) is 3.74. The van der Waals surface area contributed by atoms with Crippen molar-refractivity contribution in [3.63, 3.8) is 0 Å². The molecule has 1 N–H and O–H groups in total. The van der Waals surface area contributed by atoms with E-state index in [0.29, 0.717) is 19.5 Å². The Morgan fingerprint density at radius 3 is 2.79 bits per heavy atom. The van der Waals surface area contributed by atoms with E-state index in [1.807, 2.05) is 6.92 Å². The molecule has 1 unspecified atom stereocenters. The molecule has 0 aliphatic carbocycles. The van der Waals surface area contributed by atoms with E-state index >= 15 is 0 Å². The predicted molar refractivity (Wildman–Crippen MR) is 68.9 cm³/mol. The summed E-state index contributed by atoms with van der Waals surface area (Å²) < 4.78 is 27.9. The summed E-state index contributed by atoms with van der Waals surface area (Å²) in [7, 11) is -3.70. The number of amides is 1. The average Bonchev–Trinajstić information content (AvgIpc) is 2.87. The number of sulfonamides is 1. The van der Waals surface area contributed by atoms with Gasteiger partial charge in [0.15, 0.2) is 5.03 Å². The van der Waals surface area contributed by atoms with Gasteiger partial charge in [0.1, 0.15) is 6.04 Å². The van der Waals surface area contributed by atoms with Gasteiger partial charge in [-0.15, -0.1) is 0 Å². The number of nitrogens with zero attached hydrogens (tertiary/aromatic N) is 3. The first kappa shape index (κ1) is 14.0. The molecule has 0 bridgehead atoms. The highest BCUT2D eigenvalue weighted by atomic mass is 32.2. The van der Waals surface area contributed by atoms with Crippen molar-refractivity contribution < 1.29 is 13.2 Å². The third kappa shape index (κ3) is 2.50. The quantitative estimate of drug-likeness (QED) is 0.831. The van der Waals surface area contributed by atoms with E-state index in [0.717, 1.165) is 0 Å². The van der Waals surface area contributed by atoms with Crippen molar-refractivity contribution in [2.75, 3.05) is 13.1 Å². The minimum absolute atomic E-state index is 0.00231. The number of piperazine rings is 1. The van der Waals surface area contributed by atoms with Crippen molar-refractivity contribution >= 4 is 15.9 Å². The molecule has 0 spiro atoms. The van der Waals surface area contributed by atoms with Crippen LogP contribution < -0.4 is 5.32 Å². The van der Waals surface area contributed by atoms with Crippen molar-refractivity contribution in [3.05, 3.63) is 12.5 Å². The van der Waals surface area contributed by atoms with Crippen LogP contribution in [0.5, 0.6) is 0 Å². The summed E-state index contributed by atoms with van der Waals surface area (Å²) in [6, 6.07) is -0.648. The Kier molecular flexibility index (Phi) is 3.91.